The van der Waals surface area contributed by atoms with Crippen LogP contribution >= 0.6 is 23.2 Å². The van der Waals surface area contributed by atoms with Gasteiger partial charge in [-0.25, -0.2) is 0 Å². The number of methoxy groups -OCH3 is 1. The molecule has 2 aliphatic rings. The van der Waals surface area contributed by atoms with Gasteiger partial charge in [0.25, 0.3) is 5.91 Å². The van der Waals surface area contributed by atoms with Crippen molar-refractivity contribution in [2.75, 3.05) is 7.11 Å². The Morgan fingerprint density at radius 2 is 1.78 bits per heavy atom. The second kappa shape index (κ2) is 9.57. The summed E-state index contributed by atoms with van der Waals surface area (Å²) in [5, 5.41) is 13.8. The molecule has 0 bridgehead atoms. The maximum atomic E-state index is 12.8. The molecule has 6 nitrogen and oxygen atoms in total. The van der Waals surface area contributed by atoms with Crippen molar-refractivity contribution < 1.29 is 19.1 Å². The van der Waals surface area contributed by atoms with E-state index in [1.165, 1.54) is 12.1 Å². The van der Waals surface area contributed by atoms with Crippen LogP contribution in [0.5, 0.6) is 11.5 Å². The molecule has 1 heterocycles. The zero-order chi connectivity index (χ0) is 25.4. The van der Waals surface area contributed by atoms with E-state index in [0.29, 0.717) is 40.0 Å². The maximum Gasteiger partial charge on any atom is 0.251 e. The third-order valence-electron chi connectivity index (χ3n) is 5.86. The first-order valence-corrected chi connectivity index (χ1v) is 11.7. The van der Waals surface area contributed by atoms with Crippen molar-refractivity contribution >= 4 is 40.1 Å². The summed E-state index contributed by atoms with van der Waals surface area (Å²) in [6, 6.07) is 20.4. The number of hydrogen-bond acceptors (Lipinski definition) is 5. The number of ether oxygens (including phenoxy) is 1. The summed E-state index contributed by atoms with van der Waals surface area (Å²) in [5.41, 5.74) is 3.43. The van der Waals surface area contributed by atoms with Crippen molar-refractivity contribution in [1.82, 2.24) is 5.32 Å². The van der Waals surface area contributed by atoms with Crippen molar-refractivity contribution in [3.8, 4) is 33.9 Å². The molecule has 36 heavy (non-hydrogen) atoms. The van der Waals surface area contributed by atoms with E-state index in [9.17, 15) is 14.7 Å². The molecule has 3 aromatic carbocycles. The second-order valence-electron chi connectivity index (χ2n) is 8.17. The van der Waals surface area contributed by atoms with Gasteiger partial charge in [-0.15, -0.1) is 0 Å². The number of aromatic hydroxyl groups is 1. The predicted octanol–water partition coefficient (Wildman–Crippen LogP) is 6.52. The number of carbonyl (C=O) groups is 1. The van der Waals surface area contributed by atoms with Gasteiger partial charge < -0.3 is 19.6 Å². The number of phenols is 1. The minimum atomic E-state index is -0.376. The van der Waals surface area contributed by atoms with Crippen LogP contribution in [0.4, 0.5) is 0 Å². The largest absolute Gasteiger partial charge is 0.506 e. The van der Waals surface area contributed by atoms with Gasteiger partial charge in [0.15, 0.2) is 0 Å². The zero-order valence-corrected chi connectivity index (χ0v) is 20.5. The van der Waals surface area contributed by atoms with Gasteiger partial charge in [-0.2, -0.15) is 0 Å². The molecule has 0 saturated carbocycles. The maximum absolute atomic E-state index is 12.8. The molecule has 0 radical (unpaired) electrons. The van der Waals surface area contributed by atoms with Gasteiger partial charge in [-0.05, 0) is 47.5 Å². The van der Waals surface area contributed by atoms with Crippen molar-refractivity contribution in [3.63, 3.8) is 0 Å². The molecule has 0 fully saturated rings. The average Bonchev–Trinajstić information content (AvgIpc) is 2.88. The Balaban J connectivity index is 1.52. The van der Waals surface area contributed by atoms with Crippen LogP contribution in [-0.4, -0.2) is 18.1 Å². The van der Waals surface area contributed by atoms with Crippen LogP contribution in [0.2, 0.25) is 10.0 Å². The van der Waals surface area contributed by atoms with E-state index in [1.54, 1.807) is 43.5 Å². The second-order valence-corrected chi connectivity index (χ2v) is 8.98. The van der Waals surface area contributed by atoms with Crippen LogP contribution in [0.25, 0.3) is 33.4 Å². The highest BCUT2D eigenvalue weighted by Gasteiger charge is 2.20. The normalized spacial score (nSPS) is 11.1. The molecule has 1 aliphatic heterocycles. The summed E-state index contributed by atoms with van der Waals surface area (Å²) in [6.45, 7) is 0.352. The quantitative estimate of drug-likeness (QED) is 0.258. The minimum absolute atomic E-state index is 0.0525. The number of nitrogens with one attached hydrogen (secondary N) is 1. The molecule has 2 N–H and O–H groups in total. The standard InChI is InChI=1S/C28H19Cl2NO5/c1-35-18-4-2-3-15(9-18)14-31-28(34)17-7-5-16(6-8-17)27-19-10-21(29)23(32)12-25(19)36-26-13-24(33)22(30)11-20(26)27/h2-13,32H,14H2,1H3,(H,31,34). The van der Waals surface area contributed by atoms with Gasteiger partial charge in [0.05, 0.1) is 17.2 Å². The lowest BCUT2D eigenvalue weighted by Gasteiger charge is -2.16. The zero-order valence-electron chi connectivity index (χ0n) is 19.0. The van der Waals surface area contributed by atoms with Gasteiger partial charge in [-0.1, -0.05) is 47.5 Å². The number of carbonyl (C=O) groups excluding carboxylic acids is 1. The van der Waals surface area contributed by atoms with Gasteiger partial charge >= 0.3 is 0 Å². The summed E-state index contributed by atoms with van der Waals surface area (Å²) in [6.07, 6.45) is 0. The highest BCUT2D eigenvalue weighted by molar-refractivity contribution is 6.33. The third-order valence-corrected chi connectivity index (χ3v) is 6.46. The first-order valence-electron chi connectivity index (χ1n) is 10.9. The number of fused-ring (bicyclic) bond motifs is 2. The van der Waals surface area contributed by atoms with Crippen LogP contribution in [-0.2, 0) is 6.54 Å². The van der Waals surface area contributed by atoms with Crippen LogP contribution in [0.3, 0.4) is 0 Å². The summed E-state index contributed by atoms with van der Waals surface area (Å²) in [4.78, 5) is 24.9. The Hall–Kier alpha value is -4.00. The number of halogens is 2. The predicted molar refractivity (Wildman–Crippen MR) is 140 cm³/mol. The van der Waals surface area contributed by atoms with Crippen molar-refractivity contribution in [1.29, 1.82) is 0 Å². The molecule has 3 aromatic rings. The van der Waals surface area contributed by atoms with Gasteiger partial charge in [-0.3, -0.25) is 9.59 Å². The molecule has 0 atom stereocenters. The fourth-order valence-electron chi connectivity index (χ4n) is 4.07. The van der Waals surface area contributed by atoms with Crippen LogP contribution in [0.15, 0.2) is 82.0 Å². The van der Waals surface area contributed by atoms with Crippen molar-refractivity contribution in [2.24, 2.45) is 0 Å². The summed E-state index contributed by atoms with van der Waals surface area (Å²) < 4.78 is 11.1. The molecule has 0 saturated heterocycles. The Kier molecular flexibility index (Phi) is 6.31. The summed E-state index contributed by atoms with van der Waals surface area (Å²) >= 11 is 12.3. The first-order chi connectivity index (χ1) is 17.3. The van der Waals surface area contributed by atoms with E-state index in [0.717, 1.165) is 16.9 Å². The number of rotatable bonds is 5. The number of phenolic OH excluding ortho intramolecular Hbond substituents is 1. The molecule has 1 aliphatic carbocycles. The fraction of sp³-hybridized carbons (Fsp3) is 0.0714. The Morgan fingerprint density at radius 1 is 1.00 bits per heavy atom. The van der Waals surface area contributed by atoms with Crippen molar-refractivity contribution in [3.05, 3.63) is 104 Å². The number of hydrogen-bond donors (Lipinski definition) is 2. The summed E-state index contributed by atoms with van der Waals surface area (Å²) in [5.74, 6) is 0.665. The van der Waals surface area contributed by atoms with Crippen LogP contribution in [0.1, 0.15) is 15.9 Å². The lowest BCUT2D eigenvalue weighted by Crippen LogP contribution is -2.22. The highest BCUT2D eigenvalue weighted by Crippen LogP contribution is 2.43. The van der Waals surface area contributed by atoms with E-state index < -0.39 is 0 Å². The van der Waals surface area contributed by atoms with E-state index in [-0.39, 0.29) is 27.1 Å². The average molecular weight is 520 g/mol. The van der Waals surface area contributed by atoms with Gasteiger partial charge in [0.1, 0.15) is 22.8 Å². The lowest BCUT2D eigenvalue weighted by molar-refractivity contribution is 0.0951. The van der Waals surface area contributed by atoms with E-state index in [2.05, 4.69) is 5.32 Å². The number of benzene rings is 4. The summed E-state index contributed by atoms with van der Waals surface area (Å²) in [7, 11) is 1.59. The minimum Gasteiger partial charge on any atom is -0.506 e. The van der Waals surface area contributed by atoms with Crippen LogP contribution in [0, 0.1) is 0 Å². The fourth-order valence-corrected chi connectivity index (χ4v) is 4.39. The van der Waals surface area contributed by atoms with E-state index in [4.69, 9.17) is 32.4 Å². The monoisotopic (exact) mass is 519 g/mol. The Morgan fingerprint density at radius 3 is 2.53 bits per heavy atom. The molecule has 0 aromatic heterocycles. The first kappa shape index (κ1) is 23.7. The lowest BCUT2D eigenvalue weighted by atomic mass is 9.93. The molecule has 180 valence electrons. The number of amides is 1. The highest BCUT2D eigenvalue weighted by atomic mass is 35.5. The smallest absolute Gasteiger partial charge is 0.251 e. The Labute approximate surface area is 216 Å². The van der Waals surface area contributed by atoms with Crippen LogP contribution < -0.4 is 15.5 Å². The molecular weight excluding hydrogens is 501 g/mol. The van der Waals surface area contributed by atoms with Gasteiger partial charge in [0.2, 0.25) is 5.43 Å². The Bertz CT molecular complexity index is 1640. The molecule has 8 heteroatoms. The van der Waals surface area contributed by atoms with Crippen molar-refractivity contribution in [2.45, 2.75) is 6.54 Å². The molecular formula is C28H19Cl2NO5. The molecule has 1 amide bonds. The molecule has 0 spiro atoms. The topological polar surface area (TPSA) is 88.8 Å². The van der Waals surface area contributed by atoms with E-state index in [1.807, 2.05) is 24.3 Å². The molecule has 0 unspecified atom stereocenters. The van der Waals surface area contributed by atoms with Gasteiger partial charge in [0, 0.05) is 40.8 Å². The third kappa shape index (κ3) is 4.49. The van der Waals surface area contributed by atoms with E-state index >= 15 is 0 Å². The molecule has 5 rings (SSSR count). The SMILES string of the molecule is COc1cccc(CNC(=O)c2ccc(-c3c4cc(Cl)c(=O)cc-4oc4cc(O)c(Cl)cc34)cc2)c1.